The molecule has 0 saturated heterocycles. The summed E-state index contributed by atoms with van der Waals surface area (Å²) in [4.78, 5) is 30.1. The quantitative estimate of drug-likeness (QED) is 0.721. The topological polar surface area (TPSA) is 83.3 Å². The van der Waals surface area contributed by atoms with E-state index < -0.39 is 5.97 Å². The molecule has 25 heavy (non-hydrogen) atoms. The Labute approximate surface area is 154 Å². The molecule has 2 rings (SSSR count). The summed E-state index contributed by atoms with van der Waals surface area (Å²) in [6.07, 6.45) is 0.229. The fourth-order valence-electron chi connectivity index (χ4n) is 1.98. The summed E-state index contributed by atoms with van der Waals surface area (Å²) in [6.45, 7) is 1.64. The molecule has 0 aliphatic heterocycles. The first-order valence-corrected chi connectivity index (χ1v) is 8.63. The van der Waals surface area contributed by atoms with Gasteiger partial charge in [-0.1, -0.05) is 23.7 Å². The number of nitrogens with zero attached hydrogens (tertiary/aromatic N) is 3. The van der Waals surface area contributed by atoms with Crippen LogP contribution in [0.3, 0.4) is 0 Å². The highest BCUT2D eigenvalue weighted by Crippen LogP contribution is 2.29. The smallest absolute Gasteiger partial charge is 0.350 e. The van der Waals surface area contributed by atoms with Gasteiger partial charge in [-0.3, -0.25) is 4.79 Å². The molecular formula is C17H16ClN3O3S. The molecule has 1 heterocycles. The van der Waals surface area contributed by atoms with Gasteiger partial charge in [-0.25, -0.2) is 9.78 Å². The van der Waals surface area contributed by atoms with Crippen LogP contribution in [0.1, 0.15) is 21.8 Å². The van der Waals surface area contributed by atoms with Crippen molar-refractivity contribution in [3.8, 4) is 16.6 Å². The first-order chi connectivity index (χ1) is 11.9. The van der Waals surface area contributed by atoms with E-state index in [9.17, 15) is 9.59 Å². The Morgan fingerprint density at radius 3 is 2.88 bits per heavy atom. The van der Waals surface area contributed by atoms with Gasteiger partial charge >= 0.3 is 5.97 Å². The molecule has 0 saturated carbocycles. The normalized spacial score (nSPS) is 10.2. The molecule has 1 aromatic heterocycles. The zero-order valence-electron chi connectivity index (χ0n) is 13.8. The van der Waals surface area contributed by atoms with Gasteiger partial charge in [0.05, 0.1) is 18.2 Å². The molecule has 1 amide bonds. The Morgan fingerprint density at radius 2 is 2.20 bits per heavy atom. The number of likely N-dealkylation sites (N-methyl/N-ethyl adjacent to an activating group) is 1. The average molecular weight is 378 g/mol. The minimum Gasteiger partial charge on any atom is -0.451 e. The monoisotopic (exact) mass is 377 g/mol. The van der Waals surface area contributed by atoms with Crippen molar-refractivity contribution < 1.29 is 14.3 Å². The maximum Gasteiger partial charge on any atom is 0.350 e. The first-order valence-electron chi connectivity index (χ1n) is 7.43. The third-order valence-corrected chi connectivity index (χ3v) is 4.79. The maximum absolute atomic E-state index is 12.2. The predicted octanol–water partition coefficient (Wildman–Crippen LogP) is 3.30. The van der Waals surface area contributed by atoms with E-state index in [-0.39, 0.29) is 18.9 Å². The van der Waals surface area contributed by atoms with Crippen LogP contribution in [0.25, 0.3) is 10.6 Å². The SMILES string of the molecule is Cc1nc(-c2cccc(Cl)c2)sc1C(=O)OCC(=O)N(C)CCC#N. The summed E-state index contributed by atoms with van der Waals surface area (Å²) < 4.78 is 5.08. The summed E-state index contributed by atoms with van der Waals surface area (Å²) in [7, 11) is 1.56. The summed E-state index contributed by atoms with van der Waals surface area (Å²) in [5.74, 6) is -0.953. The molecule has 0 unspecified atom stereocenters. The minimum atomic E-state index is -0.592. The molecule has 0 atom stereocenters. The zero-order chi connectivity index (χ0) is 18.4. The lowest BCUT2D eigenvalue weighted by atomic mass is 10.2. The van der Waals surface area contributed by atoms with Crippen molar-refractivity contribution in [3.63, 3.8) is 0 Å². The Balaban J connectivity index is 2.03. The van der Waals surface area contributed by atoms with Crippen LogP contribution >= 0.6 is 22.9 Å². The molecular weight excluding hydrogens is 362 g/mol. The lowest BCUT2D eigenvalue weighted by Crippen LogP contribution is -2.31. The van der Waals surface area contributed by atoms with Crippen LogP contribution in [-0.4, -0.2) is 42.0 Å². The Bertz CT molecular complexity index is 829. The second-order valence-electron chi connectivity index (χ2n) is 5.24. The van der Waals surface area contributed by atoms with Gasteiger partial charge in [0.1, 0.15) is 9.88 Å². The number of aromatic nitrogens is 1. The van der Waals surface area contributed by atoms with Crippen LogP contribution in [0.2, 0.25) is 5.02 Å². The highest BCUT2D eigenvalue weighted by atomic mass is 35.5. The largest absolute Gasteiger partial charge is 0.451 e. The van der Waals surface area contributed by atoms with E-state index in [0.717, 1.165) is 5.56 Å². The van der Waals surface area contributed by atoms with Gasteiger partial charge in [0.15, 0.2) is 6.61 Å². The number of hydrogen-bond donors (Lipinski definition) is 0. The molecule has 1 aromatic carbocycles. The molecule has 0 N–H and O–H groups in total. The van der Waals surface area contributed by atoms with Crippen molar-refractivity contribution in [1.29, 1.82) is 5.26 Å². The zero-order valence-corrected chi connectivity index (χ0v) is 15.4. The van der Waals surface area contributed by atoms with Crippen LogP contribution in [0.5, 0.6) is 0 Å². The molecule has 8 heteroatoms. The fraction of sp³-hybridized carbons (Fsp3) is 0.294. The number of thiazole rings is 1. The molecule has 0 aliphatic rings. The molecule has 0 fully saturated rings. The lowest BCUT2D eigenvalue weighted by Gasteiger charge is -2.14. The number of hydrogen-bond acceptors (Lipinski definition) is 6. The number of benzene rings is 1. The third-order valence-electron chi connectivity index (χ3n) is 3.37. The van der Waals surface area contributed by atoms with E-state index in [1.54, 1.807) is 26.1 Å². The minimum absolute atomic E-state index is 0.229. The van der Waals surface area contributed by atoms with Crippen molar-refractivity contribution in [3.05, 3.63) is 39.9 Å². The van der Waals surface area contributed by atoms with Gasteiger partial charge in [-0.15, -0.1) is 11.3 Å². The van der Waals surface area contributed by atoms with Gasteiger partial charge in [0.2, 0.25) is 0 Å². The number of rotatable bonds is 6. The van der Waals surface area contributed by atoms with Crippen molar-refractivity contribution in [1.82, 2.24) is 9.88 Å². The van der Waals surface area contributed by atoms with Gasteiger partial charge < -0.3 is 9.64 Å². The Kier molecular flexibility index (Phi) is 6.51. The van der Waals surface area contributed by atoms with Crippen molar-refractivity contribution in [2.24, 2.45) is 0 Å². The van der Waals surface area contributed by atoms with E-state index in [0.29, 0.717) is 27.1 Å². The molecule has 0 bridgehead atoms. The van der Waals surface area contributed by atoms with Crippen molar-refractivity contribution >= 4 is 34.8 Å². The Hall–Kier alpha value is -2.43. The molecule has 0 aliphatic carbocycles. The fourth-order valence-corrected chi connectivity index (χ4v) is 3.12. The summed E-state index contributed by atoms with van der Waals surface area (Å²) in [5.41, 5.74) is 1.35. The van der Waals surface area contributed by atoms with E-state index in [2.05, 4.69) is 4.98 Å². The van der Waals surface area contributed by atoms with E-state index in [4.69, 9.17) is 21.6 Å². The van der Waals surface area contributed by atoms with Crippen molar-refractivity contribution in [2.45, 2.75) is 13.3 Å². The van der Waals surface area contributed by atoms with Gasteiger partial charge in [0.25, 0.3) is 5.91 Å². The standard InChI is InChI=1S/C17H16ClN3O3S/c1-11-15(17(23)24-10-14(22)21(2)8-4-7-19)25-16(20-11)12-5-3-6-13(18)9-12/h3,5-6,9H,4,8,10H2,1-2H3. The lowest BCUT2D eigenvalue weighted by molar-refractivity contribution is -0.133. The second kappa shape index (κ2) is 8.60. The second-order valence-corrected chi connectivity index (χ2v) is 6.68. The van der Waals surface area contributed by atoms with E-state index in [1.165, 1.54) is 16.2 Å². The molecule has 2 aromatic rings. The van der Waals surface area contributed by atoms with Crippen LogP contribution in [0.15, 0.2) is 24.3 Å². The number of amides is 1. The number of halogens is 1. The number of nitriles is 1. The number of aryl methyl sites for hydroxylation is 1. The summed E-state index contributed by atoms with van der Waals surface area (Å²) in [6, 6.07) is 9.14. The van der Waals surface area contributed by atoms with E-state index in [1.807, 2.05) is 18.2 Å². The van der Waals surface area contributed by atoms with Crippen LogP contribution < -0.4 is 0 Å². The van der Waals surface area contributed by atoms with Gasteiger partial charge in [-0.05, 0) is 19.1 Å². The molecule has 0 spiro atoms. The predicted molar refractivity (Wildman–Crippen MR) is 95.4 cm³/mol. The van der Waals surface area contributed by atoms with Gasteiger partial charge in [-0.2, -0.15) is 5.26 Å². The molecule has 130 valence electrons. The maximum atomic E-state index is 12.2. The molecule has 0 radical (unpaired) electrons. The average Bonchev–Trinajstić information content (AvgIpc) is 2.99. The van der Waals surface area contributed by atoms with Gasteiger partial charge in [0, 0.05) is 24.2 Å². The number of carbonyl (C=O) groups is 2. The summed E-state index contributed by atoms with van der Waals surface area (Å²) >= 11 is 7.17. The van der Waals surface area contributed by atoms with Crippen LogP contribution in [0, 0.1) is 18.3 Å². The summed E-state index contributed by atoms with van der Waals surface area (Å²) in [5, 5.41) is 9.76. The van der Waals surface area contributed by atoms with Crippen LogP contribution in [-0.2, 0) is 9.53 Å². The third kappa shape index (κ3) is 5.02. The Morgan fingerprint density at radius 1 is 1.44 bits per heavy atom. The molecule has 6 nitrogen and oxygen atoms in total. The van der Waals surface area contributed by atoms with Crippen molar-refractivity contribution in [2.75, 3.05) is 20.2 Å². The first kappa shape index (κ1) is 18.9. The van der Waals surface area contributed by atoms with E-state index >= 15 is 0 Å². The highest BCUT2D eigenvalue weighted by molar-refractivity contribution is 7.17. The highest BCUT2D eigenvalue weighted by Gasteiger charge is 2.19. The number of esters is 1. The number of ether oxygens (including phenoxy) is 1. The number of carbonyl (C=O) groups excluding carboxylic acids is 2. The van der Waals surface area contributed by atoms with Crippen LogP contribution in [0.4, 0.5) is 0 Å².